The number of para-hydroxylation sites is 1. The first-order chi connectivity index (χ1) is 7.36. The molecule has 0 fully saturated rings. The molecule has 0 aliphatic carbocycles. The smallest absolute Gasteiger partial charge is 0.0147 e. The maximum atomic E-state index is 4.53. The molecule has 15 heavy (non-hydrogen) atoms. The van der Waals surface area contributed by atoms with Crippen LogP contribution >= 0.6 is 22.6 Å². The van der Waals surface area contributed by atoms with E-state index in [0.29, 0.717) is 0 Å². The Kier molecular flexibility index (Phi) is 3.61. The van der Waals surface area contributed by atoms with Crippen molar-refractivity contribution in [2.24, 2.45) is 0 Å². The Labute approximate surface area is 104 Å². The zero-order valence-corrected chi connectivity index (χ0v) is 10.4. The van der Waals surface area contributed by atoms with Gasteiger partial charge in [-0.15, -0.1) is 12.2 Å². The number of hydrogen-bond donors (Lipinski definition) is 0. The lowest BCUT2D eigenvalue weighted by Gasteiger charge is -2.21. The van der Waals surface area contributed by atoms with Gasteiger partial charge >= 0.3 is 0 Å². The molecule has 0 atom stereocenters. The molecule has 0 aromatic heterocycles. The Morgan fingerprint density at radius 1 is 0.867 bits per heavy atom. The molecule has 0 aliphatic rings. The molecule has 0 heterocycles. The molecule has 0 saturated carbocycles. The first kappa shape index (κ1) is 10.5. The van der Waals surface area contributed by atoms with Gasteiger partial charge in [-0.25, -0.2) is 0 Å². The summed E-state index contributed by atoms with van der Waals surface area (Å²) in [7, 11) is 0. The Morgan fingerprint density at radius 3 is 2.27 bits per heavy atom. The molecule has 76 valence electrons. The van der Waals surface area contributed by atoms with E-state index in [9.17, 15) is 0 Å². The summed E-state index contributed by atoms with van der Waals surface area (Å²) >= 11 is 2.34. The molecule has 0 bridgehead atoms. The van der Waals surface area contributed by atoms with E-state index in [-0.39, 0.29) is 0 Å². The van der Waals surface area contributed by atoms with Crippen LogP contribution in [0.4, 0.5) is 5.69 Å². The number of nitrogens with zero attached hydrogens (tertiary/aromatic N) is 1. The third-order valence-electron chi connectivity index (χ3n) is 2.15. The predicted octanol–water partition coefficient (Wildman–Crippen LogP) is 4.50. The quantitative estimate of drug-likeness (QED) is 0.741. The van der Waals surface area contributed by atoms with Crippen LogP contribution in [0.15, 0.2) is 54.6 Å². The fourth-order valence-electron chi connectivity index (χ4n) is 1.34. The number of hydrogen-bond acceptors (Lipinski definition) is 0. The first-order valence-corrected chi connectivity index (χ1v) is 5.90. The van der Waals surface area contributed by atoms with Crippen LogP contribution in [0, 0.1) is 3.57 Å². The fraction of sp³-hybridized carbons (Fsp3) is 0.0769. The van der Waals surface area contributed by atoms with E-state index in [1.54, 1.807) is 0 Å². The van der Waals surface area contributed by atoms with Gasteiger partial charge in [0.15, 0.2) is 0 Å². The second-order valence-corrected chi connectivity index (χ2v) is 4.41. The lowest BCUT2D eigenvalue weighted by molar-refractivity contribution is 1.20. The van der Waals surface area contributed by atoms with Crippen LogP contribution in [0.25, 0.3) is 5.32 Å². The van der Waals surface area contributed by atoms with Crippen LogP contribution in [0.5, 0.6) is 0 Å². The summed E-state index contributed by atoms with van der Waals surface area (Å²) in [6, 6.07) is 18.4. The van der Waals surface area contributed by atoms with Crippen LogP contribution < -0.4 is 0 Å². The number of rotatable bonds is 3. The lowest BCUT2D eigenvalue weighted by atomic mass is 10.2. The Hall–Kier alpha value is -1.03. The molecule has 1 nitrogen and oxygen atoms in total. The monoisotopic (exact) mass is 308 g/mol. The molecule has 2 aromatic carbocycles. The largest absolute Gasteiger partial charge is 0.681 e. The van der Waals surface area contributed by atoms with E-state index in [1.165, 1.54) is 9.13 Å². The second-order valence-electron chi connectivity index (χ2n) is 3.24. The zero-order valence-electron chi connectivity index (χ0n) is 8.23. The lowest BCUT2D eigenvalue weighted by Crippen LogP contribution is -1.86. The van der Waals surface area contributed by atoms with E-state index in [4.69, 9.17) is 0 Å². The first-order valence-electron chi connectivity index (χ1n) is 4.82. The van der Waals surface area contributed by atoms with Crippen LogP contribution in [0.1, 0.15) is 5.56 Å². The van der Waals surface area contributed by atoms with Crippen molar-refractivity contribution in [3.8, 4) is 0 Å². The van der Waals surface area contributed by atoms with E-state index in [2.05, 4.69) is 46.1 Å². The van der Waals surface area contributed by atoms with Gasteiger partial charge in [-0.3, -0.25) is 0 Å². The maximum absolute atomic E-state index is 4.53. The third-order valence-corrected chi connectivity index (χ3v) is 3.20. The highest BCUT2D eigenvalue weighted by Gasteiger charge is 1.91. The van der Waals surface area contributed by atoms with E-state index < -0.39 is 0 Å². The van der Waals surface area contributed by atoms with Crippen molar-refractivity contribution in [1.29, 1.82) is 0 Å². The molecule has 0 radical (unpaired) electrons. The topological polar surface area (TPSA) is 14.1 Å². The zero-order chi connectivity index (χ0) is 10.5. The van der Waals surface area contributed by atoms with Gasteiger partial charge in [0.2, 0.25) is 0 Å². The third kappa shape index (κ3) is 2.96. The van der Waals surface area contributed by atoms with Crippen molar-refractivity contribution in [1.82, 2.24) is 0 Å². The molecular weight excluding hydrogens is 297 g/mol. The van der Waals surface area contributed by atoms with Crippen molar-refractivity contribution in [3.05, 3.63) is 69.0 Å². The van der Waals surface area contributed by atoms with Crippen LogP contribution in [-0.4, -0.2) is 0 Å². The van der Waals surface area contributed by atoms with Gasteiger partial charge in [0.1, 0.15) is 0 Å². The average molecular weight is 308 g/mol. The minimum atomic E-state index is 0.753. The maximum Gasteiger partial charge on any atom is 0.0147 e. The predicted molar refractivity (Wildman–Crippen MR) is 72.3 cm³/mol. The fourth-order valence-corrected chi connectivity index (χ4v) is 1.89. The Morgan fingerprint density at radius 2 is 1.53 bits per heavy atom. The van der Waals surface area contributed by atoms with Gasteiger partial charge in [-0.1, -0.05) is 54.1 Å². The van der Waals surface area contributed by atoms with Crippen LogP contribution in [0.2, 0.25) is 0 Å². The summed E-state index contributed by atoms with van der Waals surface area (Å²) in [5.41, 5.74) is 2.32. The second kappa shape index (κ2) is 5.16. The molecule has 2 heteroatoms. The van der Waals surface area contributed by atoms with E-state index in [0.717, 1.165) is 12.2 Å². The van der Waals surface area contributed by atoms with Gasteiger partial charge < -0.3 is 5.32 Å². The van der Waals surface area contributed by atoms with Crippen LogP contribution in [-0.2, 0) is 6.54 Å². The highest BCUT2D eigenvalue weighted by atomic mass is 127. The molecule has 0 unspecified atom stereocenters. The Balaban J connectivity index is 2.03. The van der Waals surface area contributed by atoms with Gasteiger partial charge in [0.05, 0.1) is 0 Å². The number of benzene rings is 2. The molecule has 2 rings (SSSR count). The summed E-state index contributed by atoms with van der Waals surface area (Å²) in [6.45, 7) is 0.753. The van der Waals surface area contributed by atoms with Gasteiger partial charge in [-0.2, -0.15) is 0 Å². The van der Waals surface area contributed by atoms with Gasteiger partial charge in [0, 0.05) is 3.57 Å². The summed E-state index contributed by atoms with van der Waals surface area (Å²) in [4.78, 5) is 0. The summed E-state index contributed by atoms with van der Waals surface area (Å²) in [5, 5.41) is 4.53. The Bertz CT molecular complexity index is 426. The standard InChI is InChI=1S/C13H11IN/c14-13-9-5-4-6-11(13)10-15-12-7-2-1-3-8-12/h1-9H,10H2/q-1. The highest BCUT2D eigenvalue weighted by molar-refractivity contribution is 14.1. The van der Waals surface area contributed by atoms with Crippen molar-refractivity contribution >= 4 is 28.3 Å². The minimum absolute atomic E-state index is 0.753. The van der Waals surface area contributed by atoms with Crippen molar-refractivity contribution < 1.29 is 0 Å². The molecule has 0 spiro atoms. The van der Waals surface area contributed by atoms with Gasteiger partial charge in [-0.05, 0) is 28.7 Å². The average Bonchev–Trinajstić information content (AvgIpc) is 2.29. The molecule has 0 N–H and O–H groups in total. The van der Waals surface area contributed by atoms with Gasteiger partial charge in [0.25, 0.3) is 0 Å². The molecular formula is C13H11IN-. The van der Waals surface area contributed by atoms with Crippen LogP contribution in [0.3, 0.4) is 0 Å². The molecule has 0 saturated heterocycles. The molecule has 2 aromatic rings. The minimum Gasteiger partial charge on any atom is -0.681 e. The van der Waals surface area contributed by atoms with Crippen molar-refractivity contribution in [2.45, 2.75) is 6.54 Å². The summed E-state index contributed by atoms with van der Waals surface area (Å²) in [5.74, 6) is 0. The van der Waals surface area contributed by atoms with E-state index in [1.807, 2.05) is 36.4 Å². The summed E-state index contributed by atoms with van der Waals surface area (Å²) < 4.78 is 1.27. The molecule has 0 amide bonds. The highest BCUT2D eigenvalue weighted by Crippen LogP contribution is 2.22. The number of halogens is 1. The van der Waals surface area contributed by atoms with Crippen molar-refractivity contribution in [2.75, 3.05) is 0 Å². The van der Waals surface area contributed by atoms with E-state index >= 15 is 0 Å². The molecule has 0 aliphatic heterocycles. The SMILES string of the molecule is Ic1ccccc1C[N-]c1ccccc1. The summed E-state index contributed by atoms with van der Waals surface area (Å²) in [6.07, 6.45) is 0. The normalized spacial score (nSPS) is 9.93. The van der Waals surface area contributed by atoms with Crippen molar-refractivity contribution in [3.63, 3.8) is 0 Å².